The first-order chi connectivity index (χ1) is 17.0. The summed E-state index contributed by atoms with van der Waals surface area (Å²) in [6.07, 6.45) is 4.92. The second kappa shape index (κ2) is 7.49. The van der Waals surface area contributed by atoms with E-state index in [0.717, 1.165) is 48.2 Å². The molecule has 2 aromatic carbocycles. The second-order valence-electron chi connectivity index (χ2n) is 11.5. The average molecular weight is 550 g/mol. The predicted octanol–water partition coefficient (Wildman–Crippen LogP) is 0.720. The number of fused-ring (bicyclic) bond motifs is 2. The van der Waals surface area contributed by atoms with Gasteiger partial charge in [0, 0.05) is 42.1 Å². The van der Waals surface area contributed by atoms with Crippen LogP contribution in [0.15, 0.2) is 60.2 Å². The molecule has 186 valence electrons. The van der Waals surface area contributed by atoms with E-state index in [0.29, 0.717) is 30.9 Å². The molecule has 8 heteroatoms. The number of halogens is 1. The Bertz CT molecular complexity index is 1350. The van der Waals surface area contributed by atoms with Gasteiger partial charge in [-0.05, 0) is 23.1 Å². The third-order valence-corrected chi connectivity index (χ3v) is 10.3. The van der Waals surface area contributed by atoms with Crippen LogP contribution in [0.25, 0.3) is 0 Å². The normalized spacial score (nSPS) is 38.6. The lowest BCUT2D eigenvalue weighted by atomic mass is 9.53. The van der Waals surface area contributed by atoms with E-state index in [1.54, 1.807) is 12.1 Å². The van der Waals surface area contributed by atoms with Crippen LogP contribution in [-0.2, 0) is 21.5 Å². The molecule has 8 rings (SSSR count). The van der Waals surface area contributed by atoms with Gasteiger partial charge in [-0.25, -0.2) is 0 Å². The Morgan fingerprint density at radius 1 is 1.19 bits per heavy atom. The van der Waals surface area contributed by atoms with E-state index in [4.69, 9.17) is 4.74 Å². The lowest BCUT2D eigenvalue weighted by molar-refractivity contribution is -0.955. The standard InChI is InChI=1S/C28H28N3O4.BrH/c32-25-14-23-26-20-13-24-28(21-6-1-2-7-22(21)29(25)27(26)28)9-10-31(24,16-18(20)8-11-35-23)15-17-4-3-5-19(12-17)30(33)34;/h1-8,12,20,23-24,26-27H,9-11,13-16H2;1H/q+1;/p-1/t20-,23-,24-,26-,27-,28+,31?;/m0./s1. The molecular formula is C28H28BrN3O4. The third-order valence-electron chi connectivity index (χ3n) is 10.3. The van der Waals surface area contributed by atoms with E-state index in [9.17, 15) is 14.9 Å². The van der Waals surface area contributed by atoms with Crippen LogP contribution in [0, 0.1) is 22.0 Å². The first kappa shape index (κ1) is 22.6. The zero-order valence-electron chi connectivity index (χ0n) is 19.9. The fourth-order valence-corrected chi connectivity index (χ4v) is 9.33. The van der Waals surface area contributed by atoms with Crippen molar-refractivity contribution in [2.75, 3.05) is 24.6 Å². The van der Waals surface area contributed by atoms with E-state index in [1.165, 1.54) is 11.1 Å². The van der Waals surface area contributed by atoms with Crippen LogP contribution in [0.2, 0.25) is 0 Å². The summed E-state index contributed by atoms with van der Waals surface area (Å²) < 4.78 is 7.30. The number of nitro benzene ring substituents is 1. The minimum atomic E-state index is -0.295. The average Bonchev–Trinajstić information content (AvgIpc) is 3.29. The number of anilines is 1. The Kier molecular flexibility index (Phi) is 4.71. The number of nitrogens with zero attached hydrogens (tertiary/aromatic N) is 3. The Hall–Kier alpha value is -2.55. The topological polar surface area (TPSA) is 72.7 Å². The minimum Gasteiger partial charge on any atom is -1.00 e. The molecule has 5 heterocycles. The molecule has 7 atom stereocenters. The number of para-hydroxylation sites is 1. The summed E-state index contributed by atoms with van der Waals surface area (Å²) in [7, 11) is 0. The molecule has 0 N–H and O–H groups in total. The number of nitro groups is 1. The number of non-ortho nitro benzene ring substituents is 1. The van der Waals surface area contributed by atoms with Crippen LogP contribution in [0.4, 0.5) is 11.4 Å². The van der Waals surface area contributed by atoms with Gasteiger partial charge in [-0.15, -0.1) is 0 Å². The molecule has 36 heavy (non-hydrogen) atoms. The number of hydrogen-bond acceptors (Lipinski definition) is 4. The van der Waals surface area contributed by atoms with E-state index >= 15 is 0 Å². The van der Waals surface area contributed by atoms with E-state index in [1.807, 2.05) is 12.1 Å². The monoisotopic (exact) mass is 549 g/mol. The molecule has 3 saturated heterocycles. The molecule has 1 unspecified atom stereocenters. The van der Waals surface area contributed by atoms with Crippen molar-refractivity contribution in [2.24, 2.45) is 11.8 Å². The second-order valence-corrected chi connectivity index (χ2v) is 11.5. The molecule has 6 aliphatic rings. The van der Waals surface area contributed by atoms with Crippen LogP contribution in [-0.4, -0.2) is 53.2 Å². The van der Waals surface area contributed by atoms with Crippen molar-refractivity contribution in [2.45, 2.75) is 49.4 Å². The Labute approximate surface area is 220 Å². The molecule has 1 amide bonds. The van der Waals surface area contributed by atoms with Crippen molar-refractivity contribution in [1.29, 1.82) is 0 Å². The van der Waals surface area contributed by atoms with Gasteiger partial charge in [0.05, 0.1) is 42.1 Å². The maximum Gasteiger partial charge on any atom is 0.269 e. The Balaban J connectivity index is 0.00000220. The number of quaternary nitrogens is 1. The molecular weight excluding hydrogens is 522 g/mol. The van der Waals surface area contributed by atoms with E-state index in [2.05, 4.69) is 35.2 Å². The highest BCUT2D eigenvalue weighted by Crippen LogP contribution is 2.67. The fraction of sp³-hybridized carbons (Fsp3) is 0.464. The first-order valence-electron chi connectivity index (χ1n) is 12.8. The molecule has 0 radical (unpaired) electrons. The van der Waals surface area contributed by atoms with E-state index in [-0.39, 0.29) is 51.1 Å². The largest absolute Gasteiger partial charge is 1.00 e. The summed E-state index contributed by atoms with van der Waals surface area (Å²) in [5.74, 6) is 0.987. The highest BCUT2D eigenvalue weighted by Gasteiger charge is 2.75. The highest BCUT2D eigenvalue weighted by molar-refractivity contribution is 5.99. The van der Waals surface area contributed by atoms with Gasteiger partial charge >= 0.3 is 0 Å². The zero-order chi connectivity index (χ0) is 23.5. The molecule has 0 aromatic heterocycles. The number of ether oxygens (including phenoxy) is 1. The lowest BCUT2D eigenvalue weighted by Gasteiger charge is -2.60. The summed E-state index contributed by atoms with van der Waals surface area (Å²) >= 11 is 0. The summed E-state index contributed by atoms with van der Waals surface area (Å²) in [4.78, 5) is 26.9. The van der Waals surface area contributed by atoms with Gasteiger partial charge in [0.15, 0.2) is 0 Å². The third kappa shape index (κ3) is 2.62. The molecule has 1 saturated carbocycles. The molecule has 1 aliphatic carbocycles. The minimum absolute atomic E-state index is 0. The first-order valence-corrected chi connectivity index (χ1v) is 12.8. The molecule has 2 aromatic rings. The van der Waals surface area contributed by atoms with Gasteiger partial charge < -0.3 is 31.1 Å². The zero-order valence-corrected chi connectivity index (χ0v) is 21.5. The molecule has 2 bridgehead atoms. The van der Waals surface area contributed by atoms with Gasteiger partial charge in [-0.3, -0.25) is 14.9 Å². The summed E-state index contributed by atoms with van der Waals surface area (Å²) in [6.45, 7) is 3.38. The van der Waals surface area contributed by atoms with Crippen molar-refractivity contribution in [3.8, 4) is 0 Å². The summed E-state index contributed by atoms with van der Waals surface area (Å²) in [6, 6.07) is 16.3. The van der Waals surface area contributed by atoms with Gasteiger partial charge in [-0.1, -0.05) is 36.4 Å². The quantitative estimate of drug-likeness (QED) is 0.245. The number of carbonyl (C=O) groups is 1. The van der Waals surface area contributed by atoms with Crippen LogP contribution >= 0.6 is 0 Å². The van der Waals surface area contributed by atoms with Crippen molar-refractivity contribution in [3.05, 3.63) is 81.4 Å². The van der Waals surface area contributed by atoms with Gasteiger partial charge in [0.1, 0.15) is 19.1 Å². The molecule has 7 nitrogen and oxygen atoms in total. The van der Waals surface area contributed by atoms with Gasteiger partial charge in [0.25, 0.3) is 5.69 Å². The van der Waals surface area contributed by atoms with Crippen LogP contribution in [0.5, 0.6) is 0 Å². The maximum atomic E-state index is 13.6. The molecule has 5 aliphatic heterocycles. The van der Waals surface area contributed by atoms with E-state index < -0.39 is 0 Å². The predicted molar refractivity (Wildman–Crippen MR) is 129 cm³/mol. The number of rotatable bonds is 3. The Morgan fingerprint density at radius 2 is 2.06 bits per heavy atom. The molecule has 4 fully saturated rings. The number of carbonyl (C=O) groups excluding carboxylic acids is 1. The van der Waals surface area contributed by atoms with Crippen LogP contribution < -0.4 is 21.9 Å². The van der Waals surface area contributed by atoms with Crippen molar-refractivity contribution in [3.63, 3.8) is 0 Å². The number of piperidine rings is 2. The SMILES string of the molecule is O=C1C[C@@H]2OCC=C3C[N+]4(Cc5cccc([N+](=O)[O-])c5)CC[C@]56c7ccccc7N1[C@H]5[C@H]2[C@H]3C[C@@H]64.[Br-]. The van der Waals surface area contributed by atoms with Gasteiger partial charge in [0.2, 0.25) is 5.91 Å². The van der Waals surface area contributed by atoms with Crippen LogP contribution in [0.1, 0.15) is 30.4 Å². The van der Waals surface area contributed by atoms with Crippen molar-refractivity contribution < 1.29 is 35.9 Å². The number of benzene rings is 2. The summed E-state index contributed by atoms with van der Waals surface area (Å²) in [5.41, 5.74) is 5.06. The smallest absolute Gasteiger partial charge is 0.269 e. The fourth-order valence-electron chi connectivity index (χ4n) is 9.33. The maximum absolute atomic E-state index is 13.6. The Morgan fingerprint density at radius 3 is 2.92 bits per heavy atom. The van der Waals surface area contributed by atoms with Gasteiger partial charge in [-0.2, -0.15) is 0 Å². The summed E-state index contributed by atoms with van der Waals surface area (Å²) in [5, 5.41) is 11.5. The molecule has 1 spiro atoms. The lowest BCUT2D eigenvalue weighted by Crippen LogP contribution is -3.00. The van der Waals surface area contributed by atoms with Crippen molar-refractivity contribution in [1.82, 2.24) is 0 Å². The van der Waals surface area contributed by atoms with Crippen LogP contribution in [0.3, 0.4) is 0 Å². The number of hydrogen-bond donors (Lipinski definition) is 0. The number of amides is 1. The highest BCUT2D eigenvalue weighted by atomic mass is 79.9. The van der Waals surface area contributed by atoms with Crippen molar-refractivity contribution >= 4 is 17.3 Å².